The molecule has 0 aliphatic heterocycles. The van der Waals surface area contributed by atoms with Gasteiger partial charge in [-0.15, -0.1) is 0 Å². The summed E-state index contributed by atoms with van der Waals surface area (Å²) in [5, 5.41) is 0. The molecule has 0 bridgehead atoms. The van der Waals surface area contributed by atoms with Crippen molar-refractivity contribution in [3.63, 3.8) is 0 Å². The number of hydrogen-bond donors (Lipinski definition) is 1. The molecule has 2 nitrogen and oxygen atoms in total. The Bertz CT molecular complexity index is 202. The van der Waals surface area contributed by atoms with Gasteiger partial charge in [0.15, 0.2) is 0 Å². The molecule has 0 atom stereocenters. The van der Waals surface area contributed by atoms with E-state index in [9.17, 15) is 0 Å². The lowest BCUT2D eigenvalue weighted by molar-refractivity contribution is -0.870. The van der Waals surface area contributed by atoms with E-state index in [4.69, 9.17) is 5.73 Å². The maximum Gasteiger partial charge on any atom is 0.0780 e. The normalized spacial score (nSPS) is 11.2. The van der Waals surface area contributed by atoms with E-state index in [0.717, 1.165) is 4.48 Å². The lowest BCUT2D eigenvalue weighted by atomic mass is 10.0. The summed E-state index contributed by atoms with van der Waals surface area (Å²) in [6.07, 6.45) is 20.4. The smallest absolute Gasteiger partial charge is 0.0780 e. The van der Waals surface area contributed by atoms with Gasteiger partial charge in [-0.25, -0.2) is 0 Å². The van der Waals surface area contributed by atoms with Crippen LogP contribution in [0.15, 0.2) is 0 Å². The minimum absolute atomic E-state index is 0.562. The van der Waals surface area contributed by atoms with E-state index in [1.165, 1.54) is 96.4 Å². The Morgan fingerprint density at radius 3 is 1.13 bits per heavy atom. The van der Waals surface area contributed by atoms with Crippen LogP contribution in [0.25, 0.3) is 0 Å². The first kappa shape index (κ1) is 25.6. The Hall–Kier alpha value is 0.400. The predicted molar refractivity (Wildman–Crippen MR) is 111 cm³/mol. The van der Waals surface area contributed by atoms with Crippen LogP contribution in [0.2, 0.25) is 0 Å². The molecule has 0 aliphatic carbocycles. The number of unbranched alkanes of at least 4 members (excludes halogenated alkanes) is 13. The highest BCUT2D eigenvalue weighted by molar-refractivity contribution is 9.09. The lowest BCUT2D eigenvalue weighted by Gasteiger charge is -2.23. The summed E-state index contributed by atoms with van der Waals surface area (Å²) in [6, 6.07) is 0. The van der Waals surface area contributed by atoms with Crippen LogP contribution in [-0.4, -0.2) is 37.6 Å². The molecule has 0 aromatic carbocycles. The van der Waals surface area contributed by atoms with Gasteiger partial charge < -0.3 is 10.2 Å². The Balaban J connectivity index is 0. The van der Waals surface area contributed by atoms with Crippen molar-refractivity contribution in [1.29, 1.82) is 0 Å². The summed E-state index contributed by atoms with van der Waals surface area (Å²) >= 11 is 2.92. The SMILES string of the molecule is CCCCCCCCCCCCCCCC[N+](C)(C)C.NCBr. The standard InChI is InChI=1S/C19H42N.CH4BrN/c1-5-6-7-8-9-10-11-12-13-14-15-16-17-18-19-20(2,3)4;2-1-3/h5-19H2,1-4H3;1,3H2/q+1;. The molecule has 0 aromatic rings. The van der Waals surface area contributed by atoms with E-state index < -0.39 is 0 Å². The number of nitrogens with two attached hydrogens (primary N) is 1. The number of hydrogen-bond acceptors (Lipinski definition) is 1. The minimum atomic E-state index is 0.562. The van der Waals surface area contributed by atoms with Crippen LogP contribution in [0.4, 0.5) is 0 Å². The Kier molecular flexibility index (Phi) is 22.8. The van der Waals surface area contributed by atoms with Crippen LogP contribution in [0, 0.1) is 0 Å². The highest BCUT2D eigenvalue weighted by Crippen LogP contribution is 2.13. The van der Waals surface area contributed by atoms with E-state index >= 15 is 0 Å². The molecule has 0 spiro atoms. The molecule has 0 amide bonds. The number of alkyl halides is 1. The van der Waals surface area contributed by atoms with Gasteiger partial charge in [-0.3, -0.25) is 0 Å². The zero-order valence-corrected chi connectivity index (χ0v) is 18.3. The van der Waals surface area contributed by atoms with Crippen LogP contribution in [0.3, 0.4) is 0 Å². The van der Waals surface area contributed by atoms with Crippen LogP contribution in [0.1, 0.15) is 96.8 Å². The van der Waals surface area contributed by atoms with E-state index in [2.05, 4.69) is 44.0 Å². The lowest BCUT2D eigenvalue weighted by Crippen LogP contribution is -2.35. The van der Waals surface area contributed by atoms with Crippen molar-refractivity contribution in [3.05, 3.63) is 0 Å². The average Bonchev–Trinajstić information content (AvgIpc) is 2.47. The van der Waals surface area contributed by atoms with Gasteiger partial charge in [0.05, 0.1) is 27.7 Å². The molecule has 3 heteroatoms. The quantitative estimate of drug-likeness (QED) is 0.146. The second-order valence-corrected chi connectivity index (χ2v) is 8.41. The molecule has 0 heterocycles. The molecule has 0 aliphatic rings. The van der Waals surface area contributed by atoms with Crippen molar-refractivity contribution in [2.24, 2.45) is 5.73 Å². The summed E-state index contributed by atoms with van der Waals surface area (Å²) < 4.78 is 1.12. The summed E-state index contributed by atoms with van der Waals surface area (Å²) in [5.41, 5.74) is 5.33. The third-order valence-electron chi connectivity index (χ3n) is 4.18. The van der Waals surface area contributed by atoms with E-state index in [1.807, 2.05) is 0 Å². The van der Waals surface area contributed by atoms with Crippen molar-refractivity contribution < 1.29 is 4.48 Å². The first-order valence-electron chi connectivity index (χ1n) is 10.0. The van der Waals surface area contributed by atoms with Crippen molar-refractivity contribution >= 4 is 15.9 Å². The fourth-order valence-electron chi connectivity index (χ4n) is 2.78. The summed E-state index contributed by atoms with van der Waals surface area (Å²) in [7, 11) is 6.88. The molecule has 142 valence electrons. The number of rotatable bonds is 15. The third kappa shape index (κ3) is 30.8. The van der Waals surface area contributed by atoms with E-state index in [0.29, 0.717) is 5.45 Å². The molecule has 0 radical (unpaired) electrons. The molecule has 2 N–H and O–H groups in total. The third-order valence-corrected chi connectivity index (χ3v) is 4.18. The topological polar surface area (TPSA) is 26.0 Å². The highest BCUT2D eigenvalue weighted by Gasteiger charge is 2.04. The van der Waals surface area contributed by atoms with Crippen molar-refractivity contribution in [2.45, 2.75) is 96.8 Å². The Labute approximate surface area is 156 Å². The second-order valence-electron chi connectivity index (χ2n) is 7.76. The van der Waals surface area contributed by atoms with Gasteiger partial charge in [-0.1, -0.05) is 99.9 Å². The molecule has 0 saturated heterocycles. The number of quaternary nitrogens is 1. The predicted octanol–water partition coefficient (Wildman–Crippen LogP) is 6.47. The van der Waals surface area contributed by atoms with Crippen LogP contribution < -0.4 is 5.73 Å². The molecule has 0 saturated carbocycles. The van der Waals surface area contributed by atoms with Gasteiger partial charge in [-0.05, 0) is 12.8 Å². The average molecular weight is 395 g/mol. The maximum absolute atomic E-state index is 4.76. The van der Waals surface area contributed by atoms with Crippen LogP contribution in [0.5, 0.6) is 0 Å². The van der Waals surface area contributed by atoms with E-state index in [-0.39, 0.29) is 0 Å². The van der Waals surface area contributed by atoms with Gasteiger partial charge in [-0.2, -0.15) is 0 Å². The van der Waals surface area contributed by atoms with Crippen molar-refractivity contribution in [1.82, 2.24) is 0 Å². The molecule has 0 aromatic heterocycles. The first-order valence-corrected chi connectivity index (χ1v) is 11.2. The van der Waals surface area contributed by atoms with Gasteiger partial charge >= 0.3 is 0 Å². The molecule has 0 rings (SSSR count). The fourth-order valence-corrected chi connectivity index (χ4v) is 2.78. The van der Waals surface area contributed by atoms with Gasteiger partial charge in [0.1, 0.15) is 0 Å². The van der Waals surface area contributed by atoms with Gasteiger partial charge in [0.2, 0.25) is 0 Å². The minimum Gasteiger partial charge on any atom is -0.331 e. The first-order chi connectivity index (χ1) is 11.0. The maximum atomic E-state index is 4.76. The van der Waals surface area contributed by atoms with Crippen molar-refractivity contribution in [2.75, 3.05) is 33.1 Å². The largest absolute Gasteiger partial charge is 0.331 e. The Morgan fingerprint density at radius 2 is 0.870 bits per heavy atom. The summed E-state index contributed by atoms with van der Waals surface area (Å²) in [6.45, 7) is 3.63. The van der Waals surface area contributed by atoms with E-state index in [1.54, 1.807) is 0 Å². The molecule has 23 heavy (non-hydrogen) atoms. The fraction of sp³-hybridized carbons (Fsp3) is 1.00. The monoisotopic (exact) mass is 393 g/mol. The molecule has 0 fully saturated rings. The van der Waals surface area contributed by atoms with Gasteiger partial charge in [0, 0.05) is 5.45 Å². The second kappa shape index (κ2) is 20.4. The van der Waals surface area contributed by atoms with Crippen LogP contribution in [-0.2, 0) is 0 Å². The van der Waals surface area contributed by atoms with Crippen LogP contribution >= 0.6 is 15.9 Å². The van der Waals surface area contributed by atoms with Crippen molar-refractivity contribution in [3.8, 4) is 0 Å². The summed E-state index contributed by atoms with van der Waals surface area (Å²) in [4.78, 5) is 0. The Morgan fingerprint density at radius 1 is 0.609 bits per heavy atom. The highest BCUT2D eigenvalue weighted by atomic mass is 79.9. The summed E-state index contributed by atoms with van der Waals surface area (Å²) in [5.74, 6) is 0. The number of halogens is 1. The molecule has 0 unspecified atom stereocenters. The molecular formula is C20H46BrN2+. The molecular weight excluding hydrogens is 348 g/mol. The zero-order chi connectivity index (χ0) is 17.8. The zero-order valence-electron chi connectivity index (χ0n) is 16.7. The van der Waals surface area contributed by atoms with Gasteiger partial charge in [0.25, 0.3) is 0 Å². The number of nitrogens with zero attached hydrogens (tertiary/aromatic N) is 1.